The predicted molar refractivity (Wildman–Crippen MR) is 119 cm³/mol. The number of rotatable bonds is 9. The molecule has 8 nitrogen and oxygen atoms in total. The fourth-order valence-electron chi connectivity index (χ4n) is 3.71. The topological polar surface area (TPSA) is 98.1 Å². The lowest BCUT2D eigenvalue weighted by atomic mass is 9.98. The van der Waals surface area contributed by atoms with Crippen molar-refractivity contribution >= 4 is 23.1 Å². The van der Waals surface area contributed by atoms with Gasteiger partial charge in [0.15, 0.2) is 5.65 Å². The minimum absolute atomic E-state index is 0.0197. The Labute approximate surface area is 181 Å². The van der Waals surface area contributed by atoms with Crippen molar-refractivity contribution in [3.63, 3.8) is 0 Å². The Balaban J connectivity index is 1.91. The summed E-state index contributed by atoms with van der Waals surface area (Å²) in [6.45, 7) is 8.99. The van der Waals surface area contributed by atoms with Gasteiger partial charge in [-0.05, 0) is 57.7 Å². The maximum atomic E-state index is 13.3. The van der Waals surface area contributed by atoms with Crippen LogP contribution in [0.4, 0.5) is 10.2 Å². The summed E-state index contributed by atoms with van der Waals surface area (Å²) >= 11 is 0. The van der Waals surface area contributed by atoms with E-state index in [1.807, 2.05) is 6.07 Å². The van der Waals surface area contributed by atoms with E-state index in [9.17, 15) is 9.18 Å². The third-order valence-corrected chi connectivity index (χ3v) is 5.19. The first-order valence-electron chi connectivity index (χ1n) is 10.5. The van der Waals surface area contributed by atoms with Gasteiger partial charge in [-0.2, -0.15) is 5.10 Å². The Morgan fingerprint density at radius 3 is 3.03 bits per heavy atom. The van der Waals surface area contributed by atoms with Crippen LogP contribution in [-0.2, 0) is 4.74 Å². The van der Waals surface area contributed by atoms with Crippen molar-refractivity contribution in [1.82, 2.24) is 14.6 Å². The van der Waals surface area contributed by atoms with Crippen LogP contribution in [0.2, 0.25) is 0 Å². The Bertz CT molecular complexity index is 1010. The molecule has 3 rings (SSSR count). The Kier molecular flexibility index (Phi) is 7.51. The van der Waals surface area contributed by atoms with Gasteiger partial charge < -0.3 is 15.4 Å². The predicted octanol–water partition coefficient (Wildman–Crippen LogP) is 3.44. The van der Waals surface area contributed by atoms with Gasteiger partial charge in [-0.25, -0.2) is 18.7 Å². The van der Waals surface area contributed by atoms with Gasteiger partial charge in [0.05, 0.1) is 25.0 Å². The van der Waals surface area contributed by atoms with E-state index in [4.69, 9.17) is 15.5 Å². The number of fused-ring (bicyclic) bond motifs is 1. The summed E-state index contributed by atoms with van der Waals surface area (Å²) in [5, 5.41) is 4.19. The number of halogens is 1. The number of anilines is 1. The van der Waals surface area contributed by atoms with Gasteiger partial charge in [0.2, 0.25) is 0 Å². The van der Waals surface area contributed by atoms with E-state index >= 15 is 0 Å². The van der Waals surface area contributed by atoms with Crippen molar-refractivity contribution < 1.29 is 13.9 Å². The first kappa shape index (κ1) is 22.6. The van der Waals surface area contributed by atoms with Crippen LogP contribution in [0.25, 0.3) is 5.65 Å². The molecule has 166 valence electrons. The summed E-state index contributed by atoms with van der Waals surface area (Å²) in [6.07, 6.45) is 7.68. The number of carbonyl (C=O) groups excluding carboxylic acids is 1. The molecule has 1 fully saturated rings. The molecule has 1 aliphatic rings. The van der Waals surface area contributed by atoms with Crippen LogP contribution >= 0.6 is 0 Å². The molecule has 2 N–H and O–H groups in total. The van der Waals surface area contributed by atoms with Crippen LogP contribution in [0.15, 0.2) is 47.6 Å². The Morgan fingerprint density at radius 2 is 2.32 bits per heavy atom. The molecule has 3 heterocycles. The molecule has 0 saturated carbocycles. The summed E-state index contributed by atoms with van der Waals surface area (Å²) < 4.78 is 19.9. The molecule has 0 aliphatic carbocycles. The molecule has 2 aromatic heterocycles. The number of hydrogen-bond donors (Lipinski definition) is 1. The van der Waals surface area contributed by atoms with E-state index in [2.05, 4.69) is 21.6 Å². The van der Waals surface area contributed by atoms with Crippen molar-refractivity contribution in [3.8, 4) is 0 Å². The fraction of sp³-hybridized carbons (Fsp3) is 0.455. The van der Waals surface area contributed by atoms with E-state index in [-0.39, 0.29) is 18.5 Å². The summed E-state index contributed by atoms with van der Waals surface area (Å²) in [4.78, 5) is 23.4. The third kappa shape index (κ3) is 5.16. The molecule has 1 saturated heterocycles. The molecule has 1 aliphatic heterocycles. The molecule has 31 heavy (non-hydrogen) atoms. The standard InChI is InChI=1S/C22H29FN6O2/c1-4-31-22(30)17-14-26-29-12-9-20(27-21(17)29)28-11-6-8-19(28)16(3)18(7-5-10-24)25-13-15(2)23/h9,12-14,19H,3-8,10-11,24H2,1-2H3/b15-13+,25-18-/t19-/m1/s1. The monoisotopic (exact) mass is 428 g/mol. The van der Waals surface area contributed by atoms with Crippen molar-refractivity contribution in [2.75, 3.05) is 24.6 Å². The first-order chi connectivity index (χ1) is 15.0. The number of nitrogens with two attached hydrogens (primary N) is 1. The van der Waals surface area contributed by atoms with Gasteiger partial charge in [-0.1, -0.05) is 6.58 Å². The molecule has 0 unspecified atom stereocenters. The third-order valence-electron chi connectivity index (χ3n) is 5.19. The van der Waals surface area contributed by atoms with Crippen molar-refractivity contribution in [2.45, 2.75) is 45.6 Å². The van der Waals surface area contributed by atoms with Crippen LogP contribution in [0.3, 0.4) is 0 Å². The van der Waals surface area contributed by atoms with Crippen molar-refractivity contribution in [1.29, 1.82) is 0 Å². The second-order valence-corrected chi connectivity index (χ2v) is 7.39. The largest absolute Gasteiger partial charge is 0.462 e. The second kappa shape index (κ2) is 10.3. The maximum Gasteiger partial charge on any atom is 0.343 e. The number of ether oxygens (including phenoxy) is 1. The highest BCUT2D eigenvalue weighted by atomic mass is 19.1. The number of carbonyl (C=O) groups is 1. The molecule has 0 bridgehead atoms. The summed E-state index contributed by atoms with van der Waals surface area (Å²) in [5.41, 5.74) is 8.02. The fourth-order valence-corrected chi connectivity index (χ4v) is 3.71. The minimum atomic E-state index is -0.450. The zero-order valence-electron chi connectivity index (χ0n) is 18.1. The van der Waals surface area contributed by atoms with Crippen molar-refractivity contribution in [2.24, 2.45) is 10.7 Å². The minimum Gasteiger partial charge on any atom is -0.462 e. The summed E-state index contributed by atoms with van der Waals surface area (Å²) in [5.74, 6) is -0.0904. The number of esters is 1. The number of aliphatic imine (C=N–C) groups is 1. The van der Waals surface area contributed by atoms with Crippen LogP contribution in [-0.4, -0.2) is 52.0 Å². The highest BCUT2D eigenvalue weighted by Crippen LogP contribution is 2.30. The summed E-state index contributed by atoms with van der Waals surface area (Å²) in [6, 6.07) is 1.84. The molecule has 0 aromatic carbocycles. The van der Waals surface area contributed by atoms with Gasteiger partial charge in [-0.15, -0.1) is 0 Å². The van der Waals surface area contributed by atoms with Gasteiger partial charge in [-0.3, -0.25) is 4.99 Å². The highest BCUT2D eigenvalue weighted by molar-refractivity contribution is 6.01. The molecular formula is C22H29FN6O2. The average Bonchev–Trinajstić information content (AvgIpc) is 3.40. The average molecular weight is 429 g/mol. The van der Waals surface area contributed by atoms with E-state index in [1.54, 1.807) is 17.6 Å². The SMILES string of the molecule is C=C(/C(CCCN)=N\C=C(/C)F)[C@H]1CCCN1c1ccn2ncc(C(=O)OCC)c2n1. The van der Waals surface area contributed by atoms with Crippen molar-refractivity contribution in [3.05, 3.63) is 48.2 Å². The normalized spacial score (nSPS) is 17.4. The van der Waals surface area contributed by atoms with Crippen LogP contribution in [0.5, 0.6) is 0 Å². The Morgan fingerprint density at radius 1 is 1.52 bits per heavy atom. The quantitative estimate of drug-likeness (QED) is 0.485. The molecule has 9 heteroatoms. The van der Waals surface area contributed by atoms with Gasteiger partial charge in [0.1, 0.15) is 17.2 Å². The van der Waals surface area contributed by atoms with Crippen LogP contribution in [0, 0.1) is 0 Å². The van der Waals surface area contributed by atoms with E-state index in [0.717, 1.165) is 42.9 Å². The number of hydrogen-bond acceptors (Lipinski definition) is 7. The molecule has 1 atom stereocenters. The first-order valence-corrected chi connectivity index (χ1v) is 10.5. The molecule has 0 radical (unpaired) electrons. The number of allylic oxidation sites excluding steroid dienone is 1. The molecule has 0 amide bonds. The zero-order valence-corrected chi connectivity index (χ0v) is 18.1. The second-order valence-electron chi connectivity index (χ2n) is 7.39. The van der Waals surface area contributed by atoms with Crippen LogP contribution < -0.4 is 10.6 Å². The number of aromatic nitrogens is 3. The highest BCUT2D eigenvalue weighted by Gasteiger charge is 2.30. The molecule has 2 aromatic rings. The molecule has 0 spiro atoms. The van der Waals surface area contributed by atoms with Gasteiger partial charge >= 0.3 is 5.97 Å². The number of nitrogens with zero attached hydrogens (tertiary/aromatic N) is 5. The zero-order chi connectivity index (χ0) is 22.4. The molecular weight excluding hydrogens is 399 g/mol. The lowest BCUT2D eigenvalue weighted by Crippen LogP contribution is -2.34. The lowest BCUT2D eigenvalue weighted by molar-refractivity contribution is 0.0528. The van der Waals surface area contributed by atoms with E-state index < -0.39 is 5.97 Å². The smallest absolute Gasteiger partial charge is 0.343 e. The van der Waals surface area contributed by atoms with Crippen LogP contribution in [0.1, 0.15) is 49.9 Å². The maximum absolute atomic E-state index is 13.3. The lowest BCUT2D eigenvalue weighted by Gasteiger charge is -2.28. The van der Waals surface area contributed by atoms with E-state index in [1.165, 1.54) is 19.3 Å². The van der Waals surface area contributed by atoms with Gasteiger partial charge in [0, 0.05) is 18.5 Å². The van der Waals surface area contributed by atoms with E-state index in [0.29, 0.717) is 24.2 Å². The van der Waals surface area contributed by atoms with Gasteiger partial charge in [0.25, 0.3) is 0 Å². The summed E-state index contributed by atoms with van der Waals surface area (Å²) in [7, 11) is 0. The Hall–Kier alpha value is -3.07.